The van der Waals surface area contributed by atoms with Crippen molar-refractivity contribution < 1.29 is 27.4 Å². The zero-order valence-electron chi connectivity index (χ0n) is 33.0. The molecule has 1 N–H and O–H groups in total. The Balaban J connectivity index is 1.27. The minimum atomic E-state index is -4.06. The summed E-state index contributed by atoms with van der Waals surface area (Å²) in [5.41, 5.74) is 2.86. The number of hydrogen-bond donors (Lipinski definition) is 1. The number of hydrogen-bond acceptors (Lipinski definition) is 9. The molecule has 10 nitrogen and oxygen atoms in total. The Labute approximate surface area is 333 Å². The van der Waals surface area contributed by atoms with E-state index in [1.807, 2.05) is 44.4 Å². The van der Waals surface area contributed by atoms with E-state index in [1.165, 1.54) is 31.4 Å². The van der Waals surface area contributed by atoms with Crippen molar-refractivity contribution in [3.05, 3.63) is 70.3 Å². The first-order valence-electron chi connectivity index (χ1n) is 20.6. The van der Waals surface area contributed by atoms with E-state index in [2.05, 4.69) is 31.6 Å². The van der Waals surface area contributed by atoms with Crippen LogP contribution >= 0.6 is 11.6 Å². The monoisotopic (exact) mass is 796 g/mol. The molecule has 4 heterocycles. The summed E-state index contributed by atoms with van der Waals surface area (Å²) >= 11 is 6.43. The van der Waals surface area contributed by atoms with Gasteiger partial charge in [-0.25, -0.2) is 13.1 Å². The molecule has 0 unspecified atom stereocenters. The number of nitrogens with zero attached hydrogens (tertiary/aromatic N) is 3. The molecule has 1 amide bonds. The Morgan fingerprint density at radius 3 is 2.62 bits per heavy atom. The van der Waals surface area contributed by atoms with Crippen molar-refractivity contribution in [2.45, 2.75) is 94.6 Å². The number of amides is 1. The number of carbonyl (C=O) groups is 1. The van der Waals surface area contributed by atoms with Crippen LogP contribution in [0.15, 0.2) is 48.6 Å². The number of piperidine rings is 1. The van der Waals surface area contributed by atoms with Crippen LogP contribution in [-0.4, -0.2) is 108 Å². The first-order chi connectivity index (χ1) is 26.6. The van der Waals surface area contributed by atoms with Gasteiger partial charge in [-0.3, -0.25) is 14.6 Å². The van der Waals surface area contributed by atoms with Crippen molar-refractivity contribution in [3.8, 4) is 5.75 Å². The lowest BCUT2D eigenvalue weighted by Crippen LogP contribution is -2.61. The number of halogens is 1. The molecular weight excluding hydrogens is 736 g/mol. The number of sulfonamides is 1. The van der Waals surface area contributed by atoms with Gasteiger partial charge in [-0.2, -0.15) is 0 Å². The minimum absolute atomic E-state index is 0.267. The van der Waals surface area contributed by atoms with E-state index in [9.17, 15) is 13.2 Å². The zero-order chi connectivity index (χ0) is 38.6. The lowest BCUT2D eigenvalue weighted by Gasteiger charge is -2.53. The van der Waals surface area contributed by atoms with Gasteiger partial charge in [0.2, 0.25) is 10.0 Å². The SMILES string of the molecule is COCC[C@@H]1[C@@H](C)C/C=C/[C@@](CN2CCN3CCCC[C@@H]3C2)(OC)[C@@H]2CC[C@H]2CN2CCCCc3cc(Cl)ccc3COc3ccc(cc32)C(=O)NS1(=O)=O. The predicted octanol–water partition coefficient (Wildman–Crippen LogP) is 6.70. The number of anilines is 1. The van der Waals surface area contributed by atoms with E-state index in [0.29, 0.717) is 36.3 Å². The Morgan fingerprint density at radius 2 is 1.82 bits per heavy atom. The molecular formula is C43H61ClN4O6S. The molecule has 6 atom stereocenters. The lowest BCUT2D eigenvalue weighted by atomic mass is 9.63. The highest BCUT2D eigenvalue weighted by Crippen LogP contribution is 2.47. The second kappa shape index (κ2) is 17.9. The molecule has 3 fully saturated rings. The third-order valence-electron chi connectivity index (χ3n) is 13.3. The van der Waals surface area contributed by atoms with Gasteiger partial charge in [0.15, 0.2) is 0 Å². The molecule has 302 valence electrons. The second-order valence-electron chi connectivity index (χ2n) is 16.7. The quantitative estimate of drug-likeness (QED) is 0.320. The molecule has 5 aliphatic rings. The van der Waals surface area contributed by atoms with E-state index in [0.717, 1.165) is 87.6 Å². The smallest absolute Gasteiger partial charge is 0.264 e. The topological polar surface area (TPSA) is 101 Å². The van der Waals surface area contributed by atoms with Crippen LogP contribution < -0.4 is 14.4 Å². The average molecular weight is 798 g/mol. The van der Waals surface area contributed by atoms with Crippen LogP contribution in [-0.2, 0) is 32.5 Å². The maximum atomic E-state index is 14.1. The summed E-state index contributed by atoms with van der Waals surface area (Å²) in [4.78, 5) is 21.6. The summed E-state index contributed by atoms with van der Waals surface area (Å²) in [6.07, 6.45) is 14.1. The van der Waals surface area contributed by atoms with Gasteiger partial charge < -0.3 is 19.1 Å². The molecule has 0 aromatic heterocycles. The Morgan fingerprint density at radius 1 is 0.964 bits per heavy atom. The summed E-state index contributed by atoms with van der Waals surface area (Å²) in [6.45, 7) is 9.33. The molecule has 0 spiro atoms. The maximum absolute atomic E-state index is 14.1. The standard InChI is InChI=1S/C43H61ClN4O6S/c1-31-9-8-19-43(53-3,30-46-22-23-47-20-7-5-11-37(47)28-46)38-16-13-34(38)27-48-21-6-4-10-32-25-36(44)15-12-35(32)29-54-40-17-14-33(26-39(40)48)42(49)45-55(50,51)41(31)18-24-52-2/h8,12,14-15,17,19,25-26,31,34,37-38,41H,4-7,9-11,13,16,18,20-24,27-30H2,1-3H3,(H,45,49)/b19-8+/t31-,34-,37+,38+,41+,43-/m0/s1. The third-order valence-corrected chi connectivity index (χ3v) is 15.5. The molecule has 2 saturated heterocycles. The van der Waals surface area contributed by atoms with E-state index in [1.54, 1.807) is 13.2 Å². The highest BCUT2D eigenvalue weighted by atomic mass is 35.5. The minimum Gasteiger partial charge on any atom is -0.487 e. The molecule has 2 bridgehead atoms. The summed E-state index contributed by atoms with van der Waals surface area (Å²) in [7, 11) is -0.617. The Kier molecular flexibility index (Phi) is 13.2. The predicted molar refractivity (Wildman–Crippen MR) is 219 cm³/mol. The first kappa shape index (κ1) is 40.5. The van der Waals surface area contributed by atoms with E-state index in [-0.39, 0.29) is 24.9 Å². The van der Waals surface area contributed by atoms with E-state index in [4.69, 9.17) is 25.8 Å². The van der Waals surface area contributed by atoms with Crippen molar-refractivity contribution in [1.29, 1.82) is 0 Å². The largest absolute Gasteiger partial charge is 0.487 e. The first-order valence-corrected chi connectivity index (χ1v) is 22.5. The number of rotatable bonds is 6. The molecule has 7 rings (SSSR count). The van der Waals surface area contributed by atoms with Gasteiger partial charge in [0, 0.05) is 76.7 Å². The number of benzene rings is 2. The van der Waals surface area contributed by atoms with Gasteiger partial charge in [-0.1, -0.05) is 43.2 Å². The number of aryl methyl sites for hydroxylation is 1. The number of carbonyl (C=O) groups excluding carboxylic acids is 1. The lowest BCUT2D eigenvalue weighted by molar-refractivity contribution is -0.1000. The van der Waals surface area contributed by atoms with Gasteiger partial charge in [-0.05, 0) is 124 Å². The summed E-state index contributed by atoms with van der Waals surface area (Å²) in [5.74, 6) is 0.402. The van der Waals surface area contributed by atoms with Gasteiger partial charge in [-0.15, -0.1) is 0 Å². The van der Waals surface area contributed by atoms with Crippen molar-refractivity contribution >= 4 is 33.2 Å². The maximum Gasteiger partial charge on any atom is 0.264 e. The number of ether oxygens (including phenoxy) is 3. The Hall–Kier alpha value is -2.67. The fourth-order valence-electron chi connectivity index (χ4n) is 9.96. The number of nitrogens with one attached hydrogen (secondary N) is 1. The number of piperazine rings is 1. The van der Waals surface area contributed by atoms with Gasteiger partial charge in [0.1, 0.15) is 18.0 Å². The fourth-order valence-corrected chi connectivity index (χ4v) is 11.8. The highest BCUT2D eigenvalue weighted by Gasteiger charge is 2.49. The van der Waals surface area contributed by atoms with E-state index < -0.39 is 26.8 Å². The average Bonchev–Trinajstić information content (AvgIpc) is 3.19. The molecule has 2 aromatic rings. The summed E-state index contributed by atoms with van der Waals surface area (Å²) < 4.78 is 49.3. The van der Waals surface area contributed by atoms with Gasteiger partial charge >= 0.3 is 0 Å². The molecule has 0 radical (unpaired) electrons. The number of methoxy groups -OCH3 is 2. The zero-order valence-corrected chi connectivity index (χ0v) is 34.6. The molecule has 1 saturated carbocycles. The van der Waals surface area contributed by atoms with Gasteiger partial charge in [0.05, 0.1) is 10.9 Å². The van der Waals surface area contributed by atoms with Crippen molar-refractivity contribution in [1.82, 2.24) is 14.5 Å². The molecule has 1 aliphatic carbocycles. The summed E-state index contributed by atoms with van der Waals surface area (Å²) in [6, 6.07) is 11.9. The van der Waals surface area contributed by atoms with Gasteiger partial charge in [0.25, 0.3) is 5.91 Å². The number of fused-ring (bicyclic) bond motifs is 4. The summed E-state index contributed by atoms with van der Waals surface area (Å²) in [5, 5.41) is -0.105. The molecule has 12 heteroatoms. The molecule has 4 aliphatic heterocycles. The van der Waals surface area contributed by atoms with Crippen LogP contribution in [0.1, 0.15) is 86.2 Å². The van der Waals surface area contributed by atoms with Crippen LogP contribution in [0.3, 0.4) is 0 Å². The van der Waals surface area contributed by atoms with Crippen molar-refractivity contribution in [2.75, 3.05) is 71.5 Å². The van der Waals surface area contributed by atoms with Crippen molar-refractivity contribution in [3.63, 3.8) is 0 Å². The van der Waals surface area contributed by atoms with E-state index >= 15 is 0 Å². The molecule has 55 heavy (non-hydrogen) atoms. The van der Waals surface area contributed by atoms with Crippen molar-refractivity contribution in [2.24, 2.45) is 17.8 Å². The second-order valence-corrected chi connectivity index (χ2v) is 19.1. The fraction of sp³-hybridized carbons (Fsp3) is 0.651. The van der Waals surface area contributed by atoms with Crippen LogP contribution in [0.2, 0.25) is 5.02 Å². The van der Waals surface area contributed by atoms with Crippen LogP contribution in [0.4, 0.5) is 5.69 Å². The number of allylic oxidation sites excluding steroid dienone is 1. The normalized spacial score (nSPS) is 31.3. The highest BCUT2D eigenvalue weighted by molar-refractivity contribution is 7.90. The third kappa shape index (κ3) is 9.23. The van der Waals surface area contributed by atoms with Crippen LogP contribution in [0.25, 0.3) is 0 Å². The van der Waals surface area contributed by atoms with Crippen LogP contribution in [0, 0.1) is 17.8 Å². The molecule has 2 aromatic carbocycles. The Bertz CT molecular complexity index is 1790. The van der Waals surface area contributed by atoms with Crippen LogP contribution in [0.5, 0.6) is 5.75 Å².